The number of hydrogen-bond donors (Lipinski definition) is 1. The molecule has 0 aliphatic carbocycles. The first-order chi connectivity index (χ1) is 16.6. The molecule has 0 radical (unpaired) electrons. The van der Waals surface area contributed by atoms with E-state index < -0.39 is 23.6 Å². The van der Waals surface area contributed by atoms with Crippen molar-refractivity contribution in [3.8, 4) is 17.3 Å². The smallest absolute Gasteiger partial charge is 0.408 e. The van der Waals surface area contributed by atoms with Gasteiger partial charge in [-0.15, -0.1) is 10.2 Å². The Morgan fingerprint density at radius 1 is 1.17 bits per heavy atom. The maximum absolute atomic E-state index is 14.2. The van der Waals surface area contributed by atoms with E-state index in [0.29, 0.717) is 35.3 Å². The molecule has 0 unspecified atom stereocenters. The van der Waals surface area contributed by atoms with Crippen LogP contribution in [0, 0.1) is 5.82 Å². The SMILES string of the molecule is CCOc1cc2nc(-c3nnc4ccc([C@H](N5CC[C@@](C)(N)C5)C(F)(F)F)cn34)ccc2cc1F. The number of aromatic nitrogens is 4. The molecule has 3 aromatic heterocycles. The monoisotopic (exact) mass is 488 g/mol. The van der Waals surface area contributed by atoms with Gasteiger partial charge in [0.2, 0.25) is 0 Å². The molecule has 2 atom stereocenters. The van der Waals surface area contributed by atoms with Gasteiger partial charge in [0.25, 0.3) is 0 Å². The minimum absolute atomic E-state index is 0.0604. The molecule has 0 bridgehead atoms. The molecule has 1 fully saturated rings. The van der Waals surface area contributed by atoms with Gasteiger partial charge in [0.1, 0.15) is 11.7 Å². The first-order valence-electron chi connectivity index (χ1n) is 11.2. The zero-order chi connectivity index (χ0) is 25.0. The standard InChI is InChI=1S/C24H24F4N6O/c1-3-35-19-11-18-14(10-16(19)25)4-6-17(30-18)22-32-31-20-7-5-15(12-34(20)22)21(24(26,27)28)33-9-8-23(2,29)13-33/h4-7,10-12,21H,3,8-9,13,29H2,1-2H3/t21-,23+/m0/s1. The van der Waals surface area contributed by atoms with Gasteiger partial charge in [-0.1, -0.05) is 12.1 Å². The molecular formula is C24H24F4N6O. The predicted molar refractivity (Wildman–Crippen MR) is 122 cm³/mol. The van der Waals surface area contributed by atoms with Crippen LogP contribution in [-0.4, -0.2) is 55.9 Å². The summed E-state index contributed by atoms with van der Waals surface area (Å²) in [6.07, 6.45) is -2.62. The zero-order valence-corrected chi connectivity index (χ0v) is 19.2. The zero-order valence-electron chi connectivity index (χ0n) is 19.2. The van der Waals surface area contributed by atoms with E-state index in [1.165, 1.54) is 39.8 Å². The highest BCUT2D eigenvalue weighted by molar-refractivity contribution is 5.82. The Labute approximate surface area is 198 Å². The van der Waals surface area contributed by atoms with Gasteiger partial charge in [0, 0.05) is 36.3 Å². The summed E-state index contributed by atoms with van der Waals surface area (Å²) >= 11 is 0. The van der Waals surface area contributed by atoms with Crippen molar-refractivity contribution in [2.75, 3.05) is 19.7 Å². The highest BCUT2D eigenvalue weighted by Gasteiger charge is 2.48. The maximum atomic E-state index is 14.2. The Bertz CT molecular complexity index is 1400. The second-order valence-electron chi connectivity index (χ2n) is 9.14. The van der Waals surface area contributed by atoms with Crippen molar-refractivity contribution < 1.29 is 22.3 Å². The number of alkyl halides is 3. The van der Waals surface area contributed by atoms with Crippen LogP contribution in [-0.2, 0) is 0 Å². The minimum Gasteiger partial charge on any atom is -0.491 e. The number of halogens is 4. The number of fused-ring (bicyclic) bond motifs is 2. The number of ether oxygens (including phenoxy) is 1. The van der Waals surface area contributed by atoms with Crippen molar-refractivity contribution in [1.82, 2.24) is 24.5 Å². The van der Waals surface area contributed by atoms with Crippen LogP contribution in [0.2, 0.25) is 0 Å². The quantitative estimate of drug-likeness (QED) is 0.417. The fourth-order valence-corrected chi connectivity index (χ4v) is 4.61. The van der Waals surface area contributed by atoms with E-state index in [0.717, 1.165) is 0 Å². The average Bonchev–Trinajstić information content (AvgIpc) is 3.36. The highest BCUT2D eigenvalue weighted by atomic mass is 19.4. The molecule has 35 heavy (non-hydrogen) atoms. The molecule has 4 aromatic rings. The lowest BCUT2D eigenvalue weighted by Gasteiger charge is -2.31. The molecule has 1 aromatic carbocycles. The summed E-state index contributed by atoms with van der Waals surface area (Å²) in [7, 11) is 0. The molecule has 0 spiro atoms. The first kappa shape index (κ1) is 23.4. The summed E-state index contributed by atoms with van der Waals surface area (Å²) in [5.41, 5.74) is 6.73. The number of nitrogens with zero attached hydrogens (tertiary/aromatic N) is 5. The lowest BCUT2D eigenvalue weighted by atomic mass is 10.0. The minimum atomic E-state index is -4.50. The summed E-state index contributed by atoms with van der Waals surface area (Å²) in [6, 6.07) is 7.23. The van der Waals surface area contributed by atoms with Crippen molar-refractivity contribution in [1.29, 1.82) is 0 Å². The van der Waals surface area contributed by atoms with E-state index in [2.05, 4.69) is 15.2 Å². The molecule has 1 aliphatic heterocycles. The Kier molecular flexibility index (Phi) is 5.64. The summed E-state index contributed by atoms with van der Waals surface area (Å²) in [6.45, 7) is 4.18. The molecule has 5 rings (SSSR count). The third-order valence-corrected chi connectivity index (χ3v) is 6.22. The molecule has 184 valence electrons. The van der Waals surface area contributed by atoms with Crippen molar-refractivity contribution in [3.05, 3.63) is 54.0 Å². The number of benzene rings is 1. The van der Waals surface area contributed by atoms with Gasteiger partial charge in [-0.25, -0.2) is 9.37 Å². The van der Waals surface area contributed by atoms with Crippen molar-refractivity contribution in [3.63, 3.8) is 0 Å². The van der Waals surface area contributed by atoms with Crippen LogP contribution >= 0.6 is 0 Å². The van der Waals surface area contributed by atoms with Gasteiger partial charge in [-0.05, 0) is 44.0 Å². The van der Waals surface area contributed by atoms with Crippen molar-refractivity contribution in [2.24, 2.45) is 5.73 Å². The third-order valence-electron chi connectivity index (χ3n) is 6.22. The van der Waals surface area contributed by atoms with Crippen molar-refractivity contribution in [2.45, 2.75) is 38.0 Å². The maximum Gasteiger partial charge on any atom is 0.408 e. The number of rotatable bonds is 5. The van der Waals surface area contributed by atoms with Crippen LogP contribution in [0.1, 0.15) is 31.9 Å². The molecule has 7 nitrogen and oxygen atoms in total. The van der Waals surface area contributed by atoms with Crippen LogP contribution in [0.4, 0.5) is 17.6 Å². The van der Waals surface area contributed by atoms with Gasteiger partial charge in [0.05, 0.1) is 12.1 Å². The van der Waals surface area contributed by atoms with Crippen LogP contribution in [0.15, 0.2) is 42.6 Å². The number of nitrogens with two attached hydrogens (primary N) is 1. The topological polar surface area (TPSA) is 81.6 Å². The van der Waals surface area contributed by atoms with Gasteiger partial charge in [0.15, 0.2) is 23.0 Å². The Morgan fingerprint density at radius 2 is 1.97 bits per heavy atom. The number of hydrogen-bond acceptors (Lipinski definition) is 6. The summed E-state index contributed by atoms with van der Waals surface area (Å²) in [4.78, 5) is 5.92. The molecule has 2 N–H and O–H groups in total. The lowest BCUT2D eigenvalue weighted by molar-refractivity contribution is -0.184. The molecular weight excluding hydrogens is 464 g/mol. The van der Waals surface area contributed by atoms with E-state index in [9.17, 15) is 17.6 Å². The molecule has 4 heterocycles. The summed E-state index contributed by atoms with van der Waals surface area (Å²) < 4.78 is 63.6. The van der Waals surface area contributed by atoms with Crippen LogP contribution < -0.4 is 10.5 Å². The van der Waals surface area contributed by atoms with Crippen molar-refractivity contribution >= 4 is 16.6 Å². The largest absolute Gasteiger partial charge is 0.491 e. The molecule has 0 amide bonds. The van der Waals surface area contributed by atoms with Gasteiger partial charge >= 0.3 is 6.18 Å². The Morgan fingerprint density at radius 3 is 2.66 bits per heavy atom. The molecule has 0 saturated carbocycles. The van der Waals surface area contributed by atoms with Gasteiger partial charge < -0.3 is 10.5 Å². The average molecular weight is 488 g/mol. The van der Waals surface area contributed by atoms with E-state index >= 15 is 0 Å². The van der Waals surface area contributed by atoms with Gasteiger partial charge in [-0.3, -0.25) is 9.30 Å². The van der Waals surface area contributed by atoms with E-state index in [-0.39, 0.29) is 30.2 Å². The Balaban J connectivity index is 1.58. The fraction of sp³-hybridized carbons (Fsp3) is 0.375. The normalized spacial score (nSPS) is 20.1. The van der Waals surface area contributed by atoms with E-state index in [4.69, 9.17) is 10.5 Å². The number of pyridine rings is 2. The highest BCUT2D eigenvalue weighted by Crippen LogP contribution is 2.41. The molecule has 1 saturated heterocycles. The predicted octanol–water partition coefficient (Wildman–Crippen LogP) is 4.51. The first-order valence-corrected chi connectivity index (χ1v) is 11.2. The summed E-state index contributed by atoms with van der Waals surface area (Å²) in [5, 5.41) is 8.81. The molecule has 1 aliphatic rings. The molecule has 11 heteroatoms. The summed E-state index contributed by atoms with van der Waals surface area (Å²) in [5.74, 6) is -0.152. The van der Waals surface area contributed by atoms with Gasteiger partial charge in [-0.2, -0.15) is 13.2 Å². The van der Waals surface area contributed by atoms with Crippen LogP contribution in [0.5, 0.6) is 5.75 Å². The second-order valence-corrected chi connectivity index (χ2v) is 9.14. The Hall–Kier alpha value is -3.31. The van der Waals surface area contributed by atoms with Crippen LogP contribution in [0.25, 0.3) is 28.1 Å². The second kappa shape index (κ2) is 8.42. The number of likely N-dealkylation sites (tertiary alicyclic amines) is 1. The van der Waals surface area contributed by atoms with Crippen LogP contribution in [0.3, 0.4) is 0 Å². The van der Waals surface area contributed by atoms with E-state index in [1.807, 2.05) is 0 Å². The lowest BCUT2D eigenvalue weighted by Crippen LogP contribution is -2.43. The third kappa shape index (κ3) is 4.41. The fourth-order valence-electron chi connectivity index (χ4n) is 4.61. The van der Waals surface area contributed by atoms with E-state index in [1.54, 1.807) is 26.0 Å².